The normalized spacial score (nSPS) is 12.9. The highest BCUT2D eigenvalue weighted by molar-refractivity contribution is 7.11. The van der Waals surface area contributed by atoms with E-state index in [1.165, 1.54) is 15.3 Å². The van der Waals surface area contributed by atoms with Gasteiger partial charge in [-0.3, -0.25) is 0 Å². The quantitative estimate of drug-likeness (QED) is 0.915. The minimum Gasteiger partial charge on any atom is -0.454 e. The topological polar surface area (TPSA) is 35.1 Å². The lowest BCUT2D eigenvalue weighted by atomic mass is 10.2. The number of ether oxygens (including phenoxy) is 2. The molecular weight excluding hydrogens is 246 g/mol. The van der Waals surface area contributed by atoms with Crippen LogP contribution in [-0.2, 0) is 13.1 Å². The van der Waals surface area contributed by atoms with E-state index >= 15 is 0 Å². The lowest BCUT2D eigenvalue weighted by Gasteiger charge is -2.02. The van der Waals surface area contributed by atoms with Gasteiger partial charge in [0, 0.05) is 10.4 Å². The van der Waals surface area contributed by atoms with Crippen molar-refractivity contribution >= 4 is 11.3 Å². The second-order valence-electron chi connectivity index (χ2n) is 4.40. The van der Waals surface area contributed by atoms with Crippen molar-refractivity contribution < 1.29 is 14.8 Å². The van der Waals surface area contributed by atoms with Crippen LogP contribution in [0.4, 0.5) is 0 Å². The number of fused-ring (bicyclic) bond motifs is 1. The molecule has 2 heterocycles. The molecule has 0 fully saturated rings. The van der Waals surface area contributed by atoms with Gasteiger partial charge in [-0.1, -0.05) is 0 Å². The zero-order valence-corrected chi connectivity index (χ0v) is 11.1. The van der Waals surface area contributed by atoms with Crippen molar-refractivity contribution in [3.05, 3.63) is 45.6 Å². The van der Waals surface area contributed by atoms with Crippen LogP contribution in [0, 0.1) is 6.92 Å². The van der Waals surface area contributed by atoms with Gasteiger partial charge in [-0.15, -0.1) is 11.3 Å². The van der Waals surface area contributed by atoms with E-state index < -0.39 is 0 Å². The molecule has 0 amide bonds. The first-order chi connectivity index (χ1) is 8.81. The number of rotatable bonds is 4. The van der Waals surface area contributed by atoms with Gasteiger partial charge in [0.2, 0.25) is 6.79 Å². The Bertz CT molecular complexity index is 550. The Labute approximate surface area is 110 Å². The molecule has 0 aliphatic carbocycles. The lowest BCUT2D eigenvalue weighted by Crippen LogP contribution is -2.80. The molecule has 0 bridgehead atoms. The van der Waals surface area contributed by atoms with Crippen molar-refractivity contribution in [1.82, 2.24) is 0 Å². The number of nitrogens with two attached hydrogens (primary N) is 1. The van der Waals surface area contributed by atoms with Crippen LogP contribution in [0.1, 0.15) is 15.3 Å². The molecule has 0 unspecified atom stereocenters. The Morgan fingerprint density at radius 1 is 1.11 bits per heavy atom. The smallest absolute Gasteiger partial charge is 0.231 e. The molecule has 0 saturated carbocycles. The summed E-state index contributed by atoms with van der Waals surface area (Å²) < 4.78 is 10.7. The van der Waals surface area contributed by atoms with E-state index in [2.05, 4.69) is 36.5 Å². The molecular formula is C14H16NO2S+. The van der Waals surface area contributed by atoms with E-state index in [-0.39, 0.29) is 0 Å². The molecule has 3 nitrogen and oxygen atoms in total. The van der Waals surface area contributed by atoms with E-state index in [9.17, 15) is 0 Å². The third kappa shape index (κ3) is 2.49. The van der Waals surface area contributed by atoms with Gasteiger partial charge in [0.1, 0.15) is 13.1 Å². The molecule has 1 aromatic heterocycles. The van der Waals surface area contributed by atoms with Crippen LogP contribution in [0.3, 0.4) is 0 Å². The van der Waals surface area contributed by atoms with Crippen LogP contribution in [0.25, 0.3) is 0 Å². The summed E-state index contributed by atoms with van der Waals surface area (Å²) in [4.78, 5) is 2.80. The van der Waals surface area contributed by atoms with Crippen LogP contribution >= 0.6 is 11.3 Å². The molecule has 3 rings (SSSR count). The maximum atomic E-state index is 5.37. The van der Waals surface area contributed by atoms with Gasteiger partial charge >= 0.3 is 0 Å². The Kier molecular flexibility index (Phi) is 3.21. The number of quaternary nitrogens is 1. The molecule has 2 aromatic rings. The van der Waals surface area contributed by atoms with Crippen LogP contribution in [0.5, 0.6) is 11.5 Å². The predicted octanol–water partition coefficient (Wildman–Crippen LogP) is 2.05. The molecule has 1 aliphatic rings. The van der Waals surface area contributed by atoms with Gasteiger partial charge in [0.15, 0.2) is 11.5 Å². The summed E-state index contributed by atoms with van der Waals surface area (Å²) >= 11 is 1.87. The summed E-state index contributed by atoms with van der Waals surface area (Å²) in [5.74, 6) is 1.72. The van der Waals surface area contributed by atoms with Gasteiger partial charge in [-0.25, -0.2) is 0 Å². The van der Waals surface area contributed by atoms with Crippen molar-refractivity contribution in [2.75, 3.05) is 6.79 Å². The maximum Gasteiger partial charge on any atom is 0.231 e. The molecule has 1 aliphatic heterocycles. The van der Waals surface area contributed by atoms with E-state index in [0.29, 0.717) is 6.79 Å². The summed E-state index contributed by atoms with van der Waals surface area (Å²) in [7, 11) is 0. The van der Waals surface area contributed by atoms with Crippen LogP contribution < -0.4 is 14.8 Å². The van der Waals surface area contributed by atoms with Crippen LogP contribution in [0.2, 0.25) is 0 Å². The summed E-state index contributed by atoms with van der Waals surface area (Å²) in [5, 5.41) is 2.31. The third-order valence-electron chi connectivity index (χ3n) is 2.96. The lowest BCUT2D eigenvalue weighted by molar-refractivity contribution is -0.685. The number of aryl methyl sites for hydroxylation is 1. The average molecular weight is 262 g/mol. The second kappa shape index (κ2) is 5.00. The van der Waals surface area contributed by atoms with E-state index in [4.69, 9.17) is 9.47 Å². The minimum atomic E-state index is 0.344. The summed E-state index contributed by atoms with van der Waals surface area (Å²) in [6.07, 6.45) is 0. The molecule has 0 saturated heterocycles. The fraction of sp³-hybridized carbons (Fsp3) is 0.286. The van der Waals surface area contributed by atoms with Gasteiger partial charge in [-0.05, 0) is 37.3 Å². The molecule has 0 radical (unpaired) electrons. The monoisotopic (exact) mass is 262 g/mol. The number of hydrogen-bond acceptors (Lipinski definition) is 3. The fourth-order valence-corrected chi connectivity index (χ4v) is 2.93. The molecule has 18 heavy (non-hydrogen) atoms. The Morgan fingerprint density at radius 3 is 2.83 bits per heavy atom. The Morgan fingerprint density at radius 2 is 2.00 bits per heavy atom. The van der Waals surface area contributed by atoms with E-state index in [1.54, 1.807) is 0 Å². The maximum absolute atomic E-state index is 5.37. The third-order valence-corrected chi connectivity index (χ3v) is 3.98. The van der Waals surface area contributed by atoms with Crippen LogP contribution in [0.15, 0.2) is 30.3 Å². The van der Waals surface area contributed by atoms with Crippen molar-refractivity contribution in [1.29, 1.82) is 0 Å². The SMILES string of the molecule is Cc1ccc(C[NH2+]Cc2ccc3c(c2)OCO3)s1. The molecule has 4 heteroatoms. The van der Waals surface area contributed by atoms with E-state index in [0.717, 1.165) is 24.6 Å². The molecule has 94 valence electrons. The summed E-state index contributed by atoms with van der Waals surface area (Å²) in [6.45, 7) is 4.49. The first-order valence-corrected chi connectivity index (χ1v) is 6.88. The first-order valence-electron chi connectivity index (χ1n) is 6.07. The first kappa shape index (κ1) is 11.6. The van der Waals surface area contributed by atoms with E-state index in [1.807, 2.05) is 17.4 Å². The molecule has 2 N–H and O–H groups in total. The zero-order chi connectivity index (χ0) is 12.4. The Balaban J connectivity index is 1.57. The summed E-state index contributed by atoms with van der Waals surface area (Å²) in [5.41, 5.74) is 1.27. The summed E-state index contributed by atoms with van der Waals surface area (Å²) in [6, 6.07) is 10.5. The highest BCUT2D eigenvalue weighted by Gasteiger charge is 2.13. The van der Waals surface area contributed by atoms with Gasteiger partial charge in [0.25, 0.3) is 0 Å². The predicted molar refractivity (Wildman–Crippen MR) is 71.0 cm³/mol. The molecule has 0 spiro atoms. The molecule has 0 atom stereocenters. The average Bonchev–Trinajstić information content (AvgIpc) is 2.97. The second-order valence-corrected chi connectivity index (χ2v) is 5.77. The van der Waals surface area contributed by atoms with Gasteiger partial charge in [0.05, 0.1) is 4.88 Å². The number of hydrogen-bond donors (Lipinski definition) is 1. The van der Waals surface area contributed by atoms with Crippen molar-refractivity contribution in [2.24, 2.45) is 0 Å². The standard InChI is InChI=1S/C14H15NO2S/c1-10-2-4-12(18-10)8-15-7-11-3-5-13-14(6-11)17-9-16-13/h2-6,15H,7-9H2,1H3/p+1. The highest BCUT2D eigenvalue weighted by Crippen LogP contribution is 2.32. The van der Waals surface area contributed by atoms with Crippen LogP contribution in [-0.4, -0.2) is 6.79 Å². The molecule has 1 aromatic carbocycles. The zero-order valence-electron chi connectivity index (χ0n) is 10.3. The number of benzene rings is 1. The van der Waals surface area contributed by atoms with Crippen molar-refractivity contribution in [3.8, 4) is 11.5 Å². The minimum absolute atomic E-state index is 0.344. The van der Waals surface area contributed by atoms with Crippen molar-refractivity contribution in [2.45, 2.75) is 20.0 Å². The number of thiophene rings is 1. The Hall–Kier alpha value is -1.52. The van der Waals surface area contributed by atoms with Crippen molar-refractivity contribution in [3.63, 3.8) is 0 Å². The van der Waals surface area contributed by atoms with Gasteiger partial charge in [-0.2, -0.15) is 0 Å². The fourth-order valence-electron chi connectivity index (χ4n) is 2.04. The van der Waals surface area contributed by atoms with Gasteiger partial charge < -0.3 is 14.8 Å². The highest BCUT2D eigenvalue weighted by atomic mass is 32.1. The largest absolute Gasteiger partial charge is 0.454 e.